The number of aliphatic hydroxyl groups is 1. The topological polar surface area (TPSA) is 93.8 Å². The largest absolute Gasteiger partial charge is 0.431 e. The van der Waals surface area contributed by atoms with E-state index in [9.17, 15) is 9.90 Å². The number of hydrogen-bond donors (Lipinski definition) is 2. The molecular weight excluding hydrogens is 584 g/mol. The second-order valence-corrected chi connectivity index (χ2v) is 12.1. The number of amides is 1. The fraction of sp³-hybridized carbons (Fsp3) is 0.243. The van der Waals surface area contributed by atoms with E-state index >= 15 is 0 Å². The summed E-state index contributed by atoms with van der Waals surface area (Å²) in [5.74, 6) is 1.30. The molecule has 4 atom stereocenters. The van der Waals surface area contributed by atoms with Gasteiger partial charge < -0.3 is 24.3 Å². The third-order valence-corrected chi connectivity index (χ3v) is 8.90. The first-order chi connectivity index (χ1) is 22.0. The maximum atomic E-state index is 11.4. The molecule has 4 aromatic carbocycles. The molecule has 2 N–H and O–H groups in total. The zero-order valence-corrected chi connectivity index (χ0v) is 26.1. The molecule has 0 spiro atoms. The number of ether oxygens (including phenoxy) is 2. The quantitative estimate of drug-likeness (QED) is 0.154. The molecule has 1 aliphatic heterocycles. The summed E-state index contributed by atoms with van der Waals surface area (Å²) in [6, 6.07) is 36.0. The van der Waals surface area contributed by atoms with Crippen LogP contribution in [0.25, 0.3) is 22.6 Å². The average molecular weight is 621 g/mol. The van der Waals surface area contributed by atoms with Crippen LogP contribution in [-0.2, 0) is 27.4 Å². The molecule has 45 heavy (non-hydrogen) atoms. The summed E-state index contributed by atoms with van der Waals surface area (Å²) in [6.07, 6.45) is -0.999. The van der Waals surface area contributed by atoms with Gasteiger partial charge in [0.2, 0.25) is 5.91 Å². The Morgan fingerprint density at radius 1 is 0.822 bits per heavy atom. The van der Waals surface area contributed by atoms with E-state index in [0.29, 0.717) is 17.5 Å². The van der Waals surface area contributed by atoms with Gasteiger partial charge in [-0.2, -0.15) is 0 Å². The van der Waals surface area contributed by atoms with Crippen molar-refractivity contribution in [2.24, 2.45) is 5.92 Å². The molecule has 1 amide bonds. The van der Waals surface area contributed by atoms with Crippen molar-refractivity contribution >= 4 is 17.7 Å². The second-order valence-electron chi connectivity index (χ2n) is 11.2. The summed E-state index contributed by atoms with van der Waals surface area (Å²) >= 11 is 1.54. The Hall–Kier alpha value is -4.21. The Kier molecular flexibility index (Phi) is 9.76. The van der Waals surface area contributed by atoms with Crippen molar-refractivity contribution in [3.05, 3.63) is 131 Å². The van der Waals surface area contributed by atoms with Crippen molar-refractivity contribution in [1.82, 2.24) is 10.3 Å². The Morgan fingerprint density at radius 3 is 2.09 bits per heavy atom. The standard InChI is InChI=1S/C37H36N2O5S/c1-24-32(23-45-37-39-33(28-9-5-3-6-10-28)35(44-37)29-11-7-4-8-12-29)42-36(31-19-13-26(14-20-31)21-38-25(2)41)43-34(24)30-17-15-27(22-40)16-18-30/h3-20,24,32,34,36,40H,21-23H2,1-2H3,(H,38,41). The maximum absolute atomic E-state index is 11.4. The number of nitrogens with one attached hydrogen (secondary N) is 1. The van der Waals surface area contributed by atoms with E-state index in [2.05, 4.69) is 12.2 Å². The van der Waals surface area contributed by atoms with Crippen molar-refractivity contribution in [3.8, 4) is 22.6 Å². The molecule has 0 bridgehead atoms. The summed E-state index contributed by atoms with van der Waals surface area (Å²) in [4.78, 5) is 16.3. The minimum Gasteiger partial charge on any atom is -0.431 e. The van der Waals surface area contributed by atoms with Gasteiger partial charge in [0, 0.05) is 41.8 Å². The smallest absolute Gasteiger partial charge is 0.256 e. The lowest BCUT2D eigenvalue weighted by atomic mass is 9.91. The first-order valence-corrected chi connectivity index (χ1v) is 16.1. The molecule has 2 heterocycles. The molecule has 1 saturated heterocycles. The Labute approximate surface area is 267 Å². The third kappa shape index (κ3) is 7.37. The molecule has 6 rings (SSSR count). The molecule has 0 aliphatic carbocycles. The van der Waals surface area contributed by atoms with Crippen LogP contribution in [0, 0.1) is 5.92 Å². The van der Waals surface area contributed by atoms with Crippen LogP contribution in [0.5, 0.6) is 0 Å². The number of carbonyl (C=O) groups is 1. The van der Waals surface area contributed by atoms with E-state index in [4.69, 9.17) is 18.9 Å². The molecule has 4 unspecified atom stereocenters. The lowest BCUT2D eigenvalue weighted by Gasteiger charge is -2.41. The number of benzene rings is 4. The summed E-state index contributed by atoms with van der Waals surface area (Å²) < 4.78 is 19.6. The minimum absolute atomic E-state index is 0.0106. The minimum atomic E-state index is -0.589. The number of aromatic nitrogens is 1. The summed E-state index contributed by atoms with van der Waals surface area (Å²) in [5, 5.41) is 13.0. The summed E-state index contributed by atoms with van der Waals surface area (Å²) in [7, 11) is 0. The van der Waals surface area contributed by atoms with Crippen molar-refractivity contribution in [1.29, 1.82) is 0 Å². The normalized spacial score (nSPS) is 19.7. The highest BCUT2D eigenvalue weighted by Crippen LogP contribution is 2.44. The molecule has 0 radical (unpaired) electrons. The molecule has 0 saturated carbocycles. The summed E-state index contributed by atoms with van der Waals surface area (Å²) in [6.45, 7) is 4.10. The number of thioether (sulfide) groups is 1. The predicted molar refractivity (Wildman–Crippen MR) is 175 cm³/mol. The van der Waals surface area contributed by atoms with Gasteiger partial charge in [-0.25, -0.2) is 4.98 Å². The summed E-state index contributed by atoms with van der Waals surface area (Å²) in [5.41, 5.74) is 6.55. The Balaban J connectivity index is 1.26. The van der Waals surface area contributed by atoms with Crippen molar-refractivity contribution in [3.63, 3.8) is 0 Å². The zero-order valence-electron chi connectivity index (χ0n) is 25.3. The number of aliphatic hydroxyl groups excluding tert-OH is 1. The molecule has 1 aliphatic rings. The SMILES string of the molecule is CC(=O)NCc1ccc(C2OC(CSc3nc(-c4ccccc4)c(-c4ccccc4)o3)C(C)C(c3ccc(CO)cc3)O2)cc1. The predicted octanol–water partition coefficient (Wildman–Crippen LogP) is 7.72. The van der Waals surface area contributed by atoms with Gasteiger partial charge in [-0.1, -0.05) is 128 Å². The van der Waals surface area contributed by atoms with Crippen LogP contribution in [-0.4, -0.2) is 27.9 Å². The highest BCUT2D eigenvalue weighted by atomic mass is 32.2. The molecule has 7 nitrogen and oxygen atoms in total. The van der Waals surface area contributed by atoms with Gasteiger partial charge in [0.05, 0.1) is 18.8 Å². The van der Waals surface area contributed by atoms with E-state index < -0.39 is 6.29 Å². The van der Waals surface area contributed by atoms with Crippen molar-refractivity contribution < 1.29 is 23.8 Å². The van der Waals surface area contributed by atoms with Crippen LogP contribution >= 0.6 is 11.8 Å². The van der Waals surface area contributed by atoms with Gasteiger partial charge in [-0.3, -0.25) is 4.79 Å². The van der Waals surface area contributed by atoms with Crippen LogP contribution in [0.1, 0.15) is 48.5 Å². The maximum Gasteiger partial charge on any atom is 0.256 e. The molecule has 1 aromatic heterocycles. The van der Waals surface area contributed by atoms with E-state index in [1.54, 1.807) is 0 Å². The van der Waals surface area contributed by atoms with Gasteiger partial charge in [0.1, 0.15) is 5.69 Å². The second kappa shape index (κ2) is 14.3. The van der Waals surface area contributed by atoms with E-state index in [0.717, 1.165) is 44.8 Å². The highest BCUT2D eigenvalue weighted by Gasteiger charge is 2.38. The number of rotatable bonds is 10. The van der Waals surface area contributed by atoms with Crippen LogP contribution in [0.15, 0.2) is 119 Å². The molecular formula is C37H36N2O5S. The number of oxazole rings is 1. The number of nitrogens with zero attached hydrogens (tertiary/aromatic N) is 1. The van der Waals surface area contributed by atoms with Crippen molar-refractivity contribution in [2.75, 3.05) is 5.75 Å². The molecule has 8 heteroatoms. The monoisotopic (exact) mass is 620 g/mol. The zero-order chi connectivity index (χ0) is 31.2. The number of carbonyl (C=O) groups excluding carboxylic acids is 1. The average Bonchev–Trinajstić information content (AvgIpc) is 3.52. The highest BCUT2D eigenvalue weighted by molar-refractivity contribution is 7.99. The van der Waals surface area contributed by atoms with Gasteiger partial charge in [0.25, 0.3) is 5.22 Å². The molecule has 230 valence electrons. The van der Waals surface area contributed by atoms with Gasteiger partial charge in [-0.05, 0) is 16.7 Å². The Morgan fingerprint density at radius 2 is 1.44 bits per heavy atom. The first kappa shape index (κ1) is 30.8. The Bertz CT molecular complexity index is 1630. The first-order valence-electron chi connectivity index (χ1n) is 15.1. The third-order valence-electron chi connectivity index (χ3n) is 7.98. The lowest BCUT2D eigenvalue weighted by molar-refractivity contribution is -0.268. The van der Waals surface area contributed by atoms with Gasteiger partial charge >= 0.3 is 0 Å². The lowest BCUT2D eigenvalue weighted by Crippen LogP contribution is -2.38. The fourth-order valence-corrected chi connectivity index (χ4v) is 6.41. The van der Waals surface area contributed by atoms with Crippen molar-refractivity contribution in [2.45, 2.75) is 50.7 Å². The van der Waals surface area contributed by atoms with E-state index in [-0.39, 0.29) is 30.6 Å². The van der Waals surface area contributed by atoms with Crippen LogP contribution in [0.3, 0.4) is 0 Å². The van der Waals surface area contributed by atoms with E-state index in [1.807, 2.05) is 109 Å². The van der Waals surface area contributed by atoms with Gasteiger partial charge in [0.15, 0.2) is 12.1 Å². The van der Waals surface area contributed by atoms with Gasteiger partial charge in [-0.15, -0.1) is 0 Å². The number of hydrogen-bond acceptors (Lipinski definition) is 7. The molecule has 5 aromatic rings. The molecule has 1 fully saturated rings. The van der Waals surface area contributed by atoms with E-state index in [1.165, 1.54) is 18.7 Å². The fourth-order valence-electron chi connectivity index (χ4n) is 5.42. The van der Waals surface area contributed by atoms with Crippen LogP contribution < -0.4 is 5.32 Å². The van der Waals surface area contributed by atoms with Crippen LogP contribution in [0.4, 0.5) is 0 Å². The van der Waals surface area contributed by atoms with Crippen LogP contribution in [0.2, 0.25) is 0 Å².